The van der Waals surface area contributed by atoms with Gasteiger partial charge in [0.05, 0.1) is 6.42 Å². The van der Waals surface area contributed by atoms with Gasteiger partial charge in [0.2, 0.25) is 5.91 Å². The molecule has 4 rings (SSSR count). The summed E-state index contributed by atoms with van der Waals surface area (Å²) in [7, 11) is 0. The van der Waals surface area contributed by atoms with E-state index in [-0.39, 0.29) is 5.91 Å². The van der Waals surface area contributed by atoms with E-state index in [1.807, 2.05) is 47.4 Å². The zero-order chi connectivity index (χ0) is 20.1. The Labute approximate surface area is 176 Å². The second-order valence-electron chi connectivity index (χ2n) is 7.51. The molecular formula is C24H24ClN3O. The van der Waals surface area contributed by atoms with Crippen molar-refractivity contribution in [3.63, 3.8) is 0 Å². The van der Waals surface area contributed by atoms with Crippen molar-refractivity contribution in [1.29, 1.82) is 0 Å². The third-order valence-corrected chi connectivity index (χ3v) is 5.70. The van der Waals surface area contributed by atoms with Gasteiger partial charge in [0, 0.05) is 53.7 Å². The number of carbonyl (C=O) groups excluding carboxylic acids is 1. The number of nitrogens with zero attached hydrogens (tertiary/aromatic N) is 3. The van der Waals surface area contributed by atoms with Gasteiger partial charge in [-0.05, 0) is 54.8 Å². The SMILES string of the molecule is O=C(Cc1ccccn1)N1CCC(c2cccc(Cc3ccc(Cl)cc3)n2)CC1. The molecule has 0 bridgehead atoms. The monoisotopic (exact) mass is 405 g/mol. The molecule has 1 saturated heterocycles. The van der Waals surface area contributed by atoms with E-state index in [4.69, 9.17) is 16.6 Å². The number of amides is 1. The van der Waals surface area contributed by atoms with E-state index in [0.717, 1.165) is 54.5 Å². The van der Waals surface area contributed by atoms with E-state index >= 15 is 0 Å². The lowest BCUT2D eigenvalue weighted by Gasteiger charge is -2.32. The van der Waals surface area contributed by atoms with Gasteiger partial charge in [-0.2, -0.15) is 0 Å². The van der Waals surface area contributed by atoms with E-state index in [2.05, 4.69) is 23.2 Å². The maximum atomic E-state index is 12.6. The fraction of sp³-hybridized carbons (Fsp3) is 0.292. The molecule has 1 amide bonds. The van der Waals surface area contributed by atoms with Gasteiger partial charge in [0.1, 0.15) is 0 Å². The first-order valence-electron chi connectivity index (χ1n) is 10.1. The van der Waals surface area contributed by atoms with E-state index < -0.39 is 0 Å². The number of benzene rings is 1. The van der Waals surface area contributed by atoms with Crippen molar-refractivity contribution in [3.8, 4) is 0 Å². The maximum Gasteiger partial charge on any atom is 0.228 e. The molecule has 0 radical (unpaired) electrons. The molecule has 2 aromatic heterocycles. The van der Waals surface area contributed by atoms with Gasteiger partial charge in [-0.3, -0.25) is 14.8 Å². The lowest BCUT2D eigenvalue weighted by atomic mass is 9.92. The van der Waals surface area contributed by atoms with Crippen molar-refractivity contribution in [2.45, 2.75) is 31.6 Å². The summed E-state index contributed by atoms with van der Waals surface area (Å²) in [5, 5.41) is 0.750. The Bertz CT molecular complexity index is 951. The Kier molecular flexibility index (Phi) is 6.20. The molecule has 3 aromatic rings. The van der Waals surface area contributed by atoms with Crippen LogP contribution in [-0.2, 0) is 17.6 Å². The number of hydrogen-bond acceptors (Lipinski definition) is 3. The molecule has 1 aliphatic heterocycles. The van der Waals surface area contributed by atoms with Gasteiger partial charge in [0.15, 0.2) is 0 Å². The van der Waals surface area contributed by atoms with Crippen molar-refractivity contribution in [2.75, 3.05) is 13.1 Å². The number of pyridine rings is 2. The van der Waals surface area contributed by atoms with Crippen LogP contribution in [0, 0.1) is 0 Å². The van der Waals surface area contributed by atoms with E-state index in [9.17, 15) is 4.79 Å². The third kappa shape index (κ3) is 5.21. The molecule has 0 atom stereocenters. The first-order chi connectivity index (χ1) is 14.2. The van der Waals surface area contributed by atoms with Crippen LogP contribution in [0.2, 0.25) is 5.02 Å². The highest BCUT2D eigenvalue weighted by Gasteiger charge is 2.25. The fourth-order valence-corrected chi connectivity index (χ4v) is 3.96. The number of piperidine rings is 1. The highest BCUT2D eigenvalue weighted by molar-refractivity contribution is 6.30. The Morgan fingerprint density at radius 2 is 1.72 bits per heavy atom. The number of carbonyl (C=O) groups is 1. The number of rotatable bonds is 5. The Morgan fingerprint density at radius 1 is 0.966 bits per heavy atom. The Balaban J connectivity index is 1.34. The minimum atomic E-state index is 0.159. The number of aromatic nitrogens is 2. The standard InChI is InChI=1S/C24H24ClN3O/c25-20-9-7-18(8-10-20)16-22-5-3-6-23(27-22)19-11-14-28(15-12-19)24(29)17-21-4-1-2-13-26-21/h1-10,13,19H,11-12,14-17H2. The number of hydrogen-bond donors (Lipinski definition) is 0. The highest BCUT2D eigenvalue weighted by atomic mass is 35.5. The van der Waals surface area contributed by atoms with Crippen LogP contribution < -0.4 is 0 Å². The summed E-state index contributed by atoms with van der Waals surface area (Å²) in [6.07, 6.45) is 4.81. The number of halogens is 1. The minimum absolute atomic E-state index is 0.159. The predicted octanol–water partition coefficient (Wildman–Crippen LogP) is 4.67. The van der Waals surface area contributed by atoms with Crippen molar-refractivity contribution in [1.82, 2.24) is 14.9 Å². The molecule has 0 aliphatic carbocycles. The van der Waals surface area contributed by atoms with Crippen LogP contribution in [0.25, 0.3) is 0 Å². The van der Waals surface area contributed by atoms with Crippen LogP contribution in [0.4, 0.5) is 0 Å². The number of likely N-dealkylation sites (tertiary alicyclic amines) is 1. The Hall–Kier alpha value is -2.72. The molecule has 1 fully saturated rings. The second kappa shape index (κ2) is 9.19. The van der Waals surface area contributed by atoms with E-state index in [1.165, 1.54) is 5.56 Å². The van der Waals surface area contributed by atoms with Crippen molar-refractivity contribution >= 4 is 17.5 Å². The molecule has 0 spiro atoms. The zero-order valence-electron chi connectivity index (χ0n) is 16.3. The van der Waals surface area contributed by atoms with E-state index in [0.29, 0.717) is 12.3 Å². The molecular weight excluding hydrogens is 382 g/mol. The van der Waals surface area contributed by atoms with Crippen LogP contribution in [0.3, 0.4) is 0 Å². The quantitative estimate of drug-likeness (QED) is 0.619. The lowest BCUT2D eigenvalue weighted by Crippen LogP contribution is -2.39. The summed E-state index contributed by atoms with van der Waals surface area (Å²) in [6.45, 7) is 1.55. The van der Waals surface area contributed by atoms with Crippen LogP contribution in [-0.4, -0.2) is 33.9 Å². The van der Waals surface area contributed by atoms with Crippen LogP contribution >= 0.6 is 11.6 Å². The second-order valence-corrected chi connectivity index (χ2v) is 7.95. The first kappa shape index (κ1) is 19.6. The fourth-order valence-electron chi connectivity index (χ4n) is 3.83. The molecule has 1 aliphatic rings. The average molecular weight is 406 g/mol. The summed E-state index contributed by atoms with van der Waals surface area (Å²) >= 11 is 5.97. The highest BCUT2D eigenvalue weighted by Crippen LogP contribution is 2.27. The van der Waals surface area contributed by atoms with Crippen LogP contribution in [0.15, 0.2) is 66.9 Å². The molecule has 1 aromatic carbocycles. The topological polar surface area (TPSA) is 46.1 Å². The molecule has 0 unspecified atom stereocenters. The molecule has 0 saturated carbocycles. The van der Waals surface area contributed by atoms with Crippen LogP contribution in [0.1, 0.15) is 41.4 Å². The molecule has 148 valence electrons. The predicted molar refractivity (Wildman–Crippen MR) is 115 cm³/mol. The minimum Gasteiger partial charge on any atom is -0.342 e. The zero-order valence-corrected chi connectivity index (χ0v) is 17.1. The van der Waals surface area contributed by atoms with Crippen molar-refractivity contribution in [3.05, 3.63) is 94.5 Å². The van der Waals surface area contributed by atoms with Crippen LogP contribution in [0.5, 0.6) is 0 Å². The molecule has 3 heterocycles. The molecule has 5 heteroatoms. The van der Waals surface area contributed by atoms with Gasteiger partial charge in [0.25, 0.3) is 0 Å². The molecule has 29 heavy (non-hydrogen) atoms. The normalized spacial score (nSPS) is 14.7. The van der Waals surface area contributed by atoms with Gasteiger partial charge in [-0.15, -0.1) is 0 Å². The first-order valence-corrected chi connectivity index (χ1v) is 10.4. The van der Waals surface area contributed by atoms with E-state index in [1.54, 1.807) is 6.20 Å². The lowest BCUT2D eigenvalue weighted by molar-refractivity contribution is -0.131. The molecule has 4 nitrogen and oxygen atoms in total. The van der Waals surface area contributed by atoms with Gasteiger partial charge in [-0.25, -0.2) is 0 Å². The van der Waals surface area contributed by atoms with Crippen molar-refractivity contribution < 1.29 is 4.79 Å². The van der Waals surface area contributed by atoms with Gasteiger partial charge >= 0.3 is 0 Å². The summed E-state index contributed by atoms with van der Waals surface area (Å²) in [4.78, 5) is 23.7. The summed E-state index contributed by atoms with van der Waals surface area (Å²) in [5.74, 6) is 0.561. The largest absolute Gasteiger partial charge is 0.342 e. The summed E-state index contributed by atoms with van der Waals surface area (Å²) in [6, 6.07) is 19.9. The third-order valence-electron chi connectivity index (χ3n) is 5.45. The maximum absolute atomic E-state index is 12.6. The Morgan fingerprint density at radius 3 is 2.45 bits per heavy atom. The van der Waals surface area contributed by atoms with Gasteiger partial charge < -0.3 is 4.90 Å². The average Bonchev–Trinajstić information content (AvgIpc) is 2.76. The van der Waals surface area contributed by atoms with Crippen molar-refractivity contribution in [2.24, 2.45) is 0 Å². The molecule has 0 N–H and O–H groups in total. The smallest absolute Gasteiger partial charge is 0.228 e. The summed E-state index contributed by atoms with van der Waals surface area (Å²) < 4.78 is 0. The summed E-state index contributed by atoms with van der Waals surface area (Å²) in [5.41, 5.74) is 4.23. The van der Waals surface area contributed by atoms with Gasteiger partial charge in [-0.1, -0.05) is 35.9 Å².